The van der Waals surface area contributed by atoms with Gasteiger partial charge in [0.15, 0.2) is 0 Å². The van der Waals surface area contributed by atoms with Crippen molar-refractivity contribution in [3.05, 3.63) is 0 Å². The third-order valence-electron chi connectivity index (χ3n) is 1.88. The highest BCUT2D eigenvalue weighted by molar-refractivity contribution is 5.82. The summed E-state index contributed by atoms with van der Waals surface area (Å²) in [6.45, 7) is 6.42. The normalized spacial score (nSPS) is 17.7. The van der Waals surface area contributed by atoms with Crippen LogP contribution in [0, 0.1) is 0 Å². The van der Waals surface area contributed by atoms with Crippen LogP contribution in [0.5, 0.6) is 0 Å². The largest absolute Gasteiger partial charge is 0.441 e. The summed E-state index contributed by atoms with van der Waals surface area (Å²) in [4.78, 5) is 33.6. The molecule has 92 valence electrons. The van der Waals surface area contributed by atoms with Crippen LogP contribution in [0.1, 0.15) is 27.2 Å². The molecule has 1 N–H and O–H groups in total. The van der Waals surface area contributed by atoms with Crippen molar-refractivity contribution in [3.63, 3.8) is 0 Å². The van der Waals surface area contributed by atoms with Gasteiger partial charge >= 0.3 is 6.09 Å². The first-order valence-corrected chi connectivity index (χ1v) is 5.30. The van der Waals surface area contributed by atoms with Gasteiger partial charge in [0.25, 0.3) is 0 Å². The van der Waals surface area contributed by atoms with Gasteiger partial charge in [0, 0.05) is 13.1 Å². The molecule has 6 nitrogen and oxygen atoms in total. The molecule has 0 saturated carbocycles. The molecule has 1 heterocycles. The molecule has 0 bridgehead atoms. The van der Waals surface area contributed by atoms with Gasteiger partial charge in [-0.15, -0.1) is 0 Å². The average Bonchev–Trinajstić information content (AvgIpc) is 2.38. The monoisotopic (exact) mass is 230 g/mol. The van der Waals surface area contributed by atoms with Gasteiger partial charge in [-0.2, -0.15) is 4.89 Å². The Kier molecular flexibility index (Phi) is 4.12. The molecule has 2 amide bonds. The fourth-order valence-electron chi connectivity index (χ4n) is 1.18. The first-order chi connectivity index (χ1) is 7.38. The van der Waals surface area contributed by atoms with Crippen LogP contribution in [-0.2, 0) is 14.6 Å². The smallest absolute Gasteiger partial charge is 0.354 e. The summed E-state index contributed by atoms with van der Waals surface area (Å²) < 4.78 is 0. The molecular formula is C10H18N2O4. The lowest BCUT2D eigenvalue weighted by atomic mass is 10.2. The zero-order valence-electron chi connectivity index (χ0n) is 9.91. The Balaban J connectivity index is 2.43. The van der Waals surface area contributed by atoms with Gasteiger partial charge in [-0.1, -0.05) is 0 Å². The zero-order chi connectivity index (χ0) is 12.2. The van der Waals surface area contributed by atoms with Gasteiger partial charge < -0.3 is 5.32 Å². The molecule has 16 heavy (non-hydrogen) atoms. The van der Waals surface area contributed by atoms with Crippen LogP contribution in [-0.4, -0.2) is 42.1 Å². The molecule has 0 aliphatic carbocycles. The first-order valence-electron chi connectivity index (χ1n) is 5.30. The Bertz CT molecular complexity index is 272. The van der Waals surface area contributed by atoms with Crippen LogP contribution in [0.4, 0.5) is 4.79 Å². The van der Waals surface area contributed by atoms with Gasteiger partial charge in [0.05, 0.1) is 0 Å². The van der Waals surface area contributed by atoms with E-state index in [0.717, 1.165) is 6.42 Å². The van der Waals surface area contributed by atoms with Gasteiger partial charge in [-0.05, 0) is 27.2 Å². The maximum Gasteiger partial charge on any atom is 0.441 e. The van der Waals surface area contributed by atoms with E-state index in [-0.39, 0.29) is 12.5 Å². The van der Waals surface area contributed by atoms with Crippen molar-refractivity contribution in [2.75, 3.05) is 19.6 Å². The number of nitrogens with zero attached hydrogens (tertiary/aromatic N) is 1. The molecule has 0 unspecified atom stereocenters. The predicted molar refractivity (Wildman–Crippen MR) is 56.5 cm³/mol. The van der Waals surface area contributed by atoms with E-state index in [4.69, 9.17) is 4.89 Å². The van der Waals surface area contributed by atoms with E-state index in [1.54, 1.807) is 20.8 Å². The van der Waals surface area contributed by atoms with Crippen LogP contribution in [0.2, 0.25) is 0 Å². The standard InChI is InChI=1S/C10H18N2O4/c1-10(2,3)16-15-9(14)12-6-4-5-11-8(13)7-12/h4-7H2,1-3H3,(H,11,13). The molecule has 0 radical (unpaired) electrons. The molecule has 6 heteroatoms. The highest BCUT2D eigenvalue weighted by Gasteiger charge is 2.23. The van der Waals surface area contributed by atoms with Gasteiger partial charge in [-0.25, -0.2) is 4.79 Å². The summed E-state index contributed by atoms with van der Waals surface area (Å²) >= 11 is 0. The van der Waals surface area contributed by atoms with Crippen molar-refractivity contribution in [3.8, 4) is 0 Å². The number of hydrogen-bond donors (Lipinski definition) is 1. The van der Waals surface area contributed by atoms with E-state index in [1.807, 2.05) is 0 Å². The van der Waals surface area contributed by atoms with Crippen molar-refractivity contribution < 1.29 is 19.4 Å². The van der Waals surface area contributed by atoms with Crippen LogP contribution >= 0.6 is 0 Å². The average molecular weight is 230 g/mol. The fourth-order valence-corrected chi connectivity index (χ4v) is 1.18. The number of hydrogen-bond acceptors (Lipinski definition) is 4. The third kappa shape index (κ3) is 4.48. The molecule has 1 aliphatic rings. The number of rotatable bonds is 1. The van der Waals surface area contributed by atoms with Gasteiger partial charge in [-0.3, -0.25) is 14.6 Å². The lowest BCUT2D eigenvalue weighted by Gasteiger charge is -2.21. The minimum absolute atomic E-state index is 0.0202. The summed E-state index contributed by atoms with van der Waals surface area (Å²) in [6.07, 6.45) is 0.100. The predicted octanol–water partition coefficient (Wildman–Crippen LogP) is 0.675. The fraction of sp³-hybridized carbons (Fsp3) is 0.800. The van der Waals surface area contributed by atoms with Crippen LogP contribution in [0.15, 0.2) is 0 Å². The molecule has 0 aromatic heterocycles. The Morgan fingerprint density at radius 3 is 2.75 bits per heavy atom. The number of nitrogens with one attached hydrogen (secondary N) is 1. The third-order valence-corrected chi connectivity index (χ3v) is 1.88. The molecule has 1 saturated heterocycles. The Morgan fingerprint density at radius 1 is 1.44 bits per heavy atom. The first kappa shape index (κ1) is 12.8. The molecule has 1 fully saturated rings. The van der Waals surface area contributed by atoms with Crippen molar-refractivity contribution in [2.24, 2.45) is 0 Å². The van der Waals surface area contributed by atoms with Crippen molar-refractivity contribution in [2.45, 2.75) is 32.8 Å². The Hall–Kier alpha value is -1.30. The highest BCUT2D eigenvalue weighted by atomic mass is 17.2. The summed E-state index contributed by atoms with van der Waals surface area (Å²) in [5, 5.41) is 2.67. The lowest BCUT2D eigenvalue weighted by Crippen LogP contribution is -2.38. The molecule has 1 aliphatic heterocycles. The second-order valence-corrected chi connectivity index (χ2v) is 4.67. The maximum atomic E-state index is 11.5. The summed E-state index contributed by atoms with van der Waals surface area (Å²) in [6, 6.07) is 0. The molecule has 0 spiro atoms. The van der Waals surface area contributed by atoms with E-state index >= 15 is 0 Å². The van der Waals surface area contributed by atoms with E-state index in [9.17, 15) is 9.59 Å². The zero-order valence-corrected chi connectivity index (χ0v) is 9.91. The van der Waals surface area contributed by atoms with Crippen LogP contribution in [0.25, 0.3) is 0 Å². The summed E-state index contributed by atoms with van der Waals surface area (Å²) in [5.74, 6) is -0.176. The van der Waals surface area contributed by atoms with E-state index in [1.165, 1.54) is 4.90 Å². The quantitative estimate of drug-likeness (QED) is 0.531. The minimum Gasteiger partial charge on any atom is -0.354 e. The summed E-state index contributed by atoms with van der Waals surface area (Å²) in [7, 11) is 0. The van der Waals surface area contributed by atoms with E-state index < -0.39 is 11.7 Å². The van der Waals surface area contributed by atoms with Crippen molar-refractivity contribution >= 4 is 12.0 Å². The number of amides is 2. The maximum absolute atomic E-state index is 11.5. The highest BCUT2D eigenvalue weighted by Crippen LogP contribution is 2.09. The topological polar surface area (TPSA) is 67.9 Å². The minimum atomic E-state index is -0.619. The summed E-state index contributed by atoms with van der Waals surface area (Å²) in [5.41, 5.74) is -0.552. The lowest BCUT2D eigenvalue weighted by molar-refractivity contribution is -0.305. The molecular weight excluding hydrogens is 212 g/mol. The Morgan fingerprint density at radius 2 is 2.12 bits per heavy atom. The molecule has 0 aromatic rings. The molecule has 1 rings (SSSR count). The Labute approximate surface area is 94.8 Å². The van der Waals surface area contributed by atoms with E-state index in [2.05, 4.69) is 10.2 Å². The van der Waals surface area contributed by atoms with Crippen LogP contribution in [0.3, 0.4) is 0 Å². The SMILES string of the molecule is CC(C)(C)OOC(=O)N1CCCNC(=O)C1. The van der Waals surface area contributed by atoms with Gasteiger partial charge in [0.1, 0.15) is 12.1 Å². The van der Waals surface area contributed by atoms with Crippen molar-refractivity contribution in [1.29, 1.82) is 0 Å². The molecule has 0 aromatic carbocycles. The van der Waals surface area contributed by atoms with Crippen LogP contribution < -0.4 is 5.32 Å². The number of carbonyl (C=O) groups excluding carboxylic acids is 2. The number of carbonyl (C=O) groups is 2. The van der Waals surface area contributed by atoms with Gasteiger partial charge in [0.2, 0.25) is 5.91 Å². The second kappa shape index (κ2) is 5.16. The molecule has 0 atom stereocenters. The second-order valence-electron chi connectivity index (χ2n) is 4.67. The van der Waals surface area contributed by atoms with E-state index in [0.29, 0.717) is 13.1 Å². The van der Waals surface area contributed by atoms with Crippen molar-refractivity contribution in [1.82, 2.24) is 10.2 Å².